The van der Waals surface area contributed by atoms with Crippen LogP contribution in [0.2, 0.25) is 0 Å². The summed E-state index contributed by atoms with van der Waals surface area (Å²) in [5.74, 6) is -0.573. The van der Waals surface area contributed by atoms with Crippen LogP contribution in [0.15, 0.2) is 17.8 Å². The van der Waals surface area contributed by atoms with Gasteiger partial charge in [0.05, 0.1) is 16.3 Å². The largest absolute Gasteiger partial charge is 0.478 e. The van der Waals surface area contributed by atoms with Crippen molar-refractivity contribution in [3.63, 3.8) is 0 Å². The molecule has 6 nitrogen and oxygen atoms in total. The zero-order chi connectivity index (χ0) is 13.0. The van der Waals surface area contributed by atoms with E-state index in [2.05, 4.69) is 20.3 Å². The molecule has 94 valence electrons. The normalized spacial score (nSPS) is 10.3. The number of hydrogen-bond donors (Lipinski definition) is 2. The molecule has 2 N–H and O–H groups in total. The highest BCUT2D eigenvalue weighted by molar-refractivity contribution is 7.09. The molecule has 2 heterocycles. The highest BCUT2D eigenvalue weighted by Gasteiger charge is 2.09. The van der Waals surface area contributed by atoms with Crippen LogP contribution in [0.4, 0.5) is 5.95 Å². The molecular formula is C11H12N4O2S. The molecule has 0 radical (unpaired) electrons. The van der Waals surface area contributed by atoms with Gasteiger partial charge >= 0.3 is 5.97 Å². The Morgan fingerprint density at radius 1 is 1.50 bits per heavy atom. The van der Waals surface area contributed by atoms with Crippen LogP contribution in [0.1, 0.15) is 21.1 Å². The van der Waals surface area contributed by atoms with Crippen LogP contribution in [0.25, 0.3) is 0 Å². The van der Waals surface area contributed by atoms with Crippen molar-refractivity contribution in [1.82, 2.24) is 15.0 Å². The average molecular weight is 264 g/mol. The second kappa shape index (κ2) is 5.54. The van der Waals surface area contributed by atoms with E-state index in [-0.39, 0.29) is 5.56 Å². The summed E-state index contributed by atoms with van der Waals surface area (Å²) in [6.07, 6.45) is 3.87. The second-order valence-corrected chi connectivity index (χ2v) is 4.58. The first-order chi connectivity index (χ1) is 8.66. The van der Waals surface area contributed by atoms with Gasteiger partial charge in [0.1, 0.15) is 0 Å². The van der Waals surface area contributed by atoms with E-state index in [0.717, 1.165) is 11.4 Å². The Bertz CT molecular complexity index is 542. The van der Waals surface area contributed by atoms with E-state index in [9.17, 15) is 4.79 Å². The number of carboxylic acid groups (broad SMARTS) is 1. The molecule has 0 atom stereocenters. The molecule has 0 aromatic carbocycles. The highest BCUT2D eigenvalue weighted by Crippen LogP contribution is 2.08. The Labute approximate surface area is 108 Å². The minimum Gasteiger partial charge on any atom is -0.478 e. The van der Waals surface area contributed by atoms with Crippen molar-refractivity contribution in [2.24, 2.45) is 0 Å². The summed E-state index contributed by atoms with van der Waals surface area (Å²) in [7, 11) is 0. The molecule has 0 bridgehead atoms. The molecule has 0 fully saturated rings. The predicted molar refractivity (Wildman–Crippen MR) is 68.0 cm³/mol. The van der Waals surface area contributed by atoms with E-state index >= 15 is 0 Å². The quantitative estimate of drug-likeness (QED) is 0.852. The molecule has 0 aliphatic carbocycles. The fraction of sp³-hybridized carbons (Fsp3) is 0.273. The van der Waals surface area contributed by atoms with E-state index in [1.165, 1.54) is 6.20 Å². The fourth-order valence-electron chi connectivity index (χ4n) is 1.42. The number of nitrogens with zero attached hydrogens (tertiary/aromatic N) is 3. The van der Waals surface area contributed by atoms with Crippen LogP contribution in [0.3, 0.4) is 0 Å². The predicted octanol–water partition coefficient (Wildman–Crippen LogP) is 1.59. The summed E-state index contributed by atoms with van der Waals surface area (Å²) in [5.41, 5.74) is 0.578. The van der Waals surface area contributed by atoms with Crippen molar-refractivity contribution in [3.8, 4) is 0 Å². The Kier molecular flexibility index (Phi) is 3.83. The van der Waals surface area contributed by atoms with Gasteiger partial charge in [-0.05, 0) is 6.92 Å². The van der Waals surface area contributed by atoms with Gasteiger partial charge in [-0.1, -0.05) is 0 Å². The zero-order valence-corrected chi connectivity index (χ0v) is 10.6. The fourth-order valence-corrected chi connectivity index (χ4v) is 2.04. The van der Waals surface area contributed by atoms with Crippen molar-refractivity contribution in [1.29, 1.82) is 0 Å². The third kappa shape index (κ3) is 3.01. The summed E-state index contributed by atoms with van der Waals surface area (Å²) < 4.78 is 0. The number of carboxylic acids is 1. The lowest BCUT2D eigenvalue weighted by atomic mass is 10.2. The number of nitrogens with one attached hydrogen (secondary N) is 1. The van der Waals surface area contributed by atoms with Gasteiger partial charge in [0, 0.05) is 30.7 Å². The van der Waals surface area contributed by atoms with E-state index in [0.29, 0.717) is 18.2 Å². The lowest BCUT2D eigenvalue weighted by Gasteiger charge is -2.05. The molecule has 0 aliphatic heterocycles. The van der Waals surface area contributed by atoms with Crippen molar-refractivity contribution >= 4 is 23.3 Å². The first-order valence-electron chi connectivity index (χ1n) is 5.36. The van der Waals surface area contributed by atoms with E-state index in [1.54, 1.807) is 24.5 Å². The molecule has 2 aromatic rings. The first-order valence-corrected chi connectivity index (χ1v) is 6.24. The lowest BCUT2D eigenvalue weighted by Crippen LogP contribution is -2.10. The van der Waals surface area contributed by atoms with Gasteiger partial charge in [0.25, 0.3) is 0 Å². The number of aromatic carboxylic acids is 1. The zero-order valence-electron chi connectivity index (χ0n) is 9.75. The molecule has 0 spiro atoms. The summed E-state index contributed by atoms with van der Waals surface area (Å²) in [6, 6.07) is 0. The van der Waals surface area contributed by atoms with E-state index < -0.39 is 5.97 Å². The van der Waals surface area contributed by atoms with Crippen LogP contribution >= 0.6 is 11.3 Å². The van der Waals surface area contributed by atoms with E-state index in [1.807, 2.05) is 5.38 Å². The molecule has 0 saturated heterocycles. The third-order valence-corrected chi connectivity index (χ3v) is 3.15. The smallest absolute Gasteiger partial charge is 0.339 e. The van der Waals surface area contributed by atoms with Crippen molar-refractivity contribution in [2.45, 2.75) is 13.3 Å². The number of aryl methyl sites for hydroxylation is 1. The van der Waals surface area contributed by atoms with Gasteiger partial charge in [-0.25, -0.2) is 19.7 Å². The molecule has 0 unspecified atom stereocenters. The van der Waals surface area contributed by atoms with Crippen LogP contribution < -0.4 is 5.32 Å². The monoisotopic (exact) mass is 264 g/mol. The van der Waals surface area contributed by atoms with E-state index in [4.69, 9.17) is 5.11 Å². The van der Waals surface area contributed by atoms with Crippen molar-refractivity contribution < 1.29 is 9.90 Å². The molecular weight excluding hydrogens is 252 g/mol. The van der Waals surface area contributed by atoms with Crippen LogP contribution in [0.5, 0.6) is 0 Å². The molecule has 2 rings (SSSR count). The van der Waals surface area contributed by atoms with Crippen molar-refractivity contribution in [2.75, 3.05) is 11.9 Å². The maximum absolute atomic E-state index is 10.8. The van der Waals surface area contributed by atoms with Gasteiger partial charge in [-0.2, -0.15) is 0 Å². The Balaban J connectivity index is 1.94. The number of carbonyl (C=O) groups is 1. The Morgan fingerprint density at radius 2 is 2.33 bits per heavy atom. The molecule has 18 heavy (non-hydrogen) atoms. The maximum atomic E-state index is 10.8. The van der Waals surface area contributed by atoms with Crippen LogP contribution in [0, 0.1) is 6.92 Å². The molecule has 7 heteroatoms. The summed E-state index contributed by atoms with van der Waals surface area (Å²) in [4.78, 5) is 23.0. The van der Waals surface area contributed by atoms with Crippen molar-refractivity contribution in [3.05, 3.63) is 34.0 Å². The van der Waals surface area contributed by atoms with Crippen LogP contribution in [-0.4, -0.2) is 32.6 Å². The third-order valence-electron chi connectivity index (χ3n) is 2.32. The first kappa shape index (κ1) is 12.4. The molecule has 2 aromatic heterocycles. The number of rotatable bonds is 5. The highest BCUT2D eigenvalue weighted by atomic mass is 32.1. The number of aromatic nitrogens is 3. The summed E-state index contributed by atoms with van der Waals surface area (Å²) in [5, 5.41) is 14.9. The number of hydrogen-bond acceptors (Lipinski definition) is 6. The van der Waals surface area contributed by atoms with Gasteiger partial charge in [-0.3, -0.25) is 0 Å². The molecule has 0 aliphatic rings. The Hall–Kier alpha value is -2.02. The second-order valence-electron chi connectivity index (χ2n) is 3.60. The number of anilines is 1. The molecule has 0 saturated carbocycles. The minimum absolute atomic E-state index is 0.125. The number of thiazole rings is 1. The van der Waals surface area contributed by atoms with Gasteiger partial charge < -0.3 is 10.4 Å². The minimum atomic E-state index is -1.01. The topological polar surface area (TPSA) is 88.0 Å². The van der Waals surface area contributed by atoms with Gasteiger partial charge in [-0.15, -0.1) is 11.3 Å². The summed E-state index contributed by atoms with van der Waals surface area (Å²) >= 11 is 1.60. The van der Waals surface area contributed by atoms with Gasteiger partial charge in [0.2, 0.25) is 5.95 Å². The maximum Gasteiger partial charge on any atom is 0.339 e. The molecule has 0 amide bonds. The average Bonchev–Trinajstić information content (AvgIpc) is 2.81. The Morgan fingerprint density at radius 3 is 2.94 bits per heavy atom. The SMILES string of the molecule is Cc1nc(NCCc2nccs2)ncc1C(=O)O. The summed E-state index contributed by atoms with van der Waals surface area (Å²) in [6.45, 7) is 2.32. The van der Waals surface area contributed by atoms with Crippen LogP contribution in [-0.2, 0) is 6.42 Å². The lowest BCUT2D eigenvalue weighted by molar-refractivity contribution is 0.0695. The van der Waals surface area contributed by atoms with Gasteiger partial charge in [0.15, 0.2) is 0 Å². The standard InChI is InChI=1S/C11H12N4O2S/c1-7-8(10(16)17)6-14-11(15-7)13-3-2-9-12-4-5-18-9/h4-6H,2-3H2,1H3,(H,16,17)(H,13,14,15).